The Morgan fingerprint density at radius 1 is 1.03 bits per heavy atom. The van der Waals surface area contributed by atoms with Gasteiger partial charge < -0.3 is 15.0 Å². The molecule has 0 unspecified atom stereocenters. The van der Waals surface area contributed by atoms with E-state index < -0.39 is 0 Å². The number of aromatic amines is 1. The van der Waals surface area contributed by atoms with Crippen molar-refractivity contribution in [3.05, 3.63) is 71.4 Å². The number of nitrogens with one attached hydrogen (secondary N) is 2. The van der Waals surface area contributed by atoms with Crippen molar-refractivity contribution in [2.24, 2.45) is 5.92 Å². The Balaban J connectivity index is 1.37. The van der Waals surface area contributed by atoms with Crippen LogP contribution in [0.25, 0.3) is 10.9 Å². The van der Waals surface area contributed by atoms with Crippen LogP contribution in [0.2, 0.25) is 0 Å². The second kappa shape index (κ2) is 10.8. The fourth-order valence-electron chi connectivity index (χ4n) is 3.76. The summed E-state index contributed by atoms with van der Waals surface area (Å²) < 4.78 is 5.15. The number of aryl methyl sites for hydroxylation is 1. The number of H-pyrrole nitrogens is 1. The van der Waals surface area contributed by atoms with Crippen molar-refractivity contribution in [3.8, 4) is 0 Å². The van der Waals surface area contributed by atoms with Crippen LogP contribution in [-0.4, -0.2) is 23.5 Å². The molecular formula is C26H32N2O3. The third-order valence-electron chi connectivity index (χ3n) is 5.37. The summed E-state index contributed by atoms with van der Waals surface area (Å²) in [6, 6.07) is 16.3. The van der Waals surface area contributed by atoms with Crippen LogP contribution >= 0.6 is 0 Å². The van der Waals surface area contributed by atoms with E-state index in [1.165, 1.54) is 16.5 Å². The van der Waals surface area contributed by atoms with E-state index in [0.29, 0.717) is 18.8 Å². The van der Waals surface area contributed by atoms with Gasteiger partial charge in [0.2, 0.25) is 0 Å². The Labute approximate surface area is 184 Å². The molecule has 0 bridgehead atoms. The summed E-state index contributed by atoms with van der Waals surface area (Å²) in [5.74, 6) is -0.0237. The number of carbonyl (C=O) groups excluding carboxylic acids is 2. The summed E-state index contributed by atoms with van der Waals surface area (Å²) in [6.07, 6.45) is 4.79. The normalized spacial score (nSPS) is 12.1. The molecule has 31 heavy (non-hydrogen) atoms. The monoisotopic (exact) mass is 420 g/mol. The van der Waals surface area contributed by atoms with Gasteiger partial charge in [-0.15, -0.1) is 0 Å². The maximum Gasteiger partial charge on any atom is 0.306 e. The number of hydrogen-bond donors (Lipinski definition) is 2. The smallest absolute Gasteiger partial charge is 0.306 e. The van der Waals surface area contributed by atoms with Crippen molar-refractivity contribution in [2.75, 3.05) is 6.61 Å². The van der Waals surface area contributed by atoms with Gasteiger partial charge in [-0.25, -0.2) is 0 Å². The molecule has 5 heteroatoms. The number of aromatic nitrogens is 1. The number of ether oxygens (including phenoxy) is 1. The van der Waals surface area contributed by atoms with Crippen molar-refractivity contribution < 1.29 is 14.3 Å². The largest absolute Gasteiger partial charge is 0.456 e. The van der Waals surface area contributed by atoms with Crippen molar-refractivity contribution in [1.29, 1.82) is 0 Å². The summed E-state index contributed by atoms with van der Waals surface area (Å²) in [5.41, 5.74) is 4.61. The van der Waals surface area contributed by atoms with Gasteiger partial charge in [0.05, 0.1) is 6.04 Å². The molecule has 0 saturated heterocycles. The molecule has 0 fully saturated rings. The van der Waals surface area contributed by atoms with Crippen LogP contribution in [-0.2, 0) is 27.2 Å². The van der Waals surface area contributed by atoms with Gasteiger partial charge in [-0.1, -0.05) is 56.3 Å². The molecule has 3 aromatic rings. The summed E-state index contributed by atoms with van der Waals surface area (Å²) in [6.45, 7) is 6.07. The SMILES string of the molecule is CC(C)Cc1ccc([C@@H](C)NC(=O)COC(=O)CCCc2c[nH]c3ccccc23)cc1. The standard InChI is InChI=1S/C26H32N2O3/c1-18(2)15-20-11-13-21(14-12-20)19(3)28-25(29)17-31-26(30)10-6-7-22-16-27-24-9-5-4-8-23(22)24/h4-5,8-9,11-14,16,18-19,27H,6-7,10,15,17H2,1-3H3,(H,28,29)/t19-/m1/s1. The first-order chi connectivity index (χ1) is 14.9. The Kier molecular flexibility index (Phi) is 7.88. The summed E-state index contributed by atoms with van der Waals surface area (Å²) in [7, 11) is 0. The fourth-order valence-corrected chi connectivity index (χ4v) is 3.76. The molecule has 0 radical (unpaired) electrons. The maximum atomic E-state index is 12.2. The number of fused-ring (bicyclic) bond motifs is 1. The molecule has 2 N–H and O–H groups in total. The summed E-state index contributed by atoms with van der Waals surface area (Å²) in [5, 5.41) is 4.07. The van der Waals surface area contributed by atoms with Crippen LogP contribution in [0.15, 0.2) is 54.7 Å². The first-order valence-corrected chi connectivity index (χ1v) is 11.0. The van der Waals surface area contributed by atoms with Crippen LogP contribution in [0.5, 0.6) is 0 Å². The topological polar surface area (TPSA) is 71.2 Å². The quantitative estimate of drug-likeness (QED) is 0.448. The minimum Gasteiger partial charge on any atom is -0.456 e. The van der Waals surface area contributed by atoms with Crippen molar-refractivity contribution >= 4 is 22.8 Å². The molecule has 2 aromatic carbocycles. The minimum absolute atomic E-state index is 0.138. The van der Waals surface area contributed by atoms with Gasteiger partial charge in [0, 0.05) is 23.5 Å². The number of benzene rings is 2. The van der Waals surface area contributed by atoms with Gasteiger partial charge in [-0.05, 0) is 54.9 Å². The maximum absolute atomic E-state index is 12.2. The molecule has 1 aromatic heterocycles. The molecule has 1 heterocycles. The van der Waals surface area contributed by atoms with Crippen LogP contribution < -0.4 is 5.32 Å². The molecule has 0 aliphatic heterocycles. The molecule has 1 atom stereocenters. The Morgan fingerprint density at radius 2 is 1.77 bits per heavy atom. The van der Waals surface area contributed by atoms with Gasteiger partial charge in [-0.3, -0.25) is 9.59 Å². The third kappa shape index (κ3) is 6.71. The van der Waals surface area contributed by atoms with Crippen molar-refractivity contribution in [1.82, 2.24) is 10.3 Å². The Morgan fingerprint density at radius 3 is 2.52 bits per heavy atom. The minimum atomic E-state index is -0.347. The number of hydrogen-bond acceptors (Lipinski definition) is 3. The number of rotatable bonds is 10. The van der Waals surface area contributed by atoms with E-state index in [-0.39, 0.29) is 24.5 Å². The lowest BCUT2D eigenvalue weighted by Gasteiger charge is -2.15. The lowest BCUT2D eigenvalue weighted by atomic mass is 10.00. The molecule has 5 nitrogen and oxygen atoms in total. The average Bonchev–Trinajstić information content (AvgIpc) is 3.15. The molecule has 0 aliphatic carbocycles. The first kappa shape index (κ1) is 22.6. The van der Waals surface area contributed by atoms with Gasteiger partial charge in [0.15, 0.2) is 6.61 Å². The zero-order chi connectivity index (χ0) is 22.2. The van der Waals surface area contributed by atoms with Crippen molar-refractivity contribution in [2.45, 2.75) is 52.5 Å². The second-order valence-corrected chi connectivity index (χ2v) is 8.50. The average molecular weight is 421 g/mol. The van der Waals surface area contributed by atoms with Crippen LogP contribution in [0.1, 0.15) is 56.3 Å². The van der Waals surface area contributed by atoms with Crippen LogP contribution in [0.3, 0.4) is 0 Å². The van der Waals surface area contributed by atoms with E-state index >= 15 is 0 Å². The Bertz CT molecular complexity index is 1000. The molecule has 3 rings (SSSR count). The predicted molar refractivity (Wildman–Crippen MR) is 124 cm³/mol. The van der Waals surface area contributed by atoms with Crippen LogP contribution in [0, 0.1) is 5.92 Å². The molecule has 0 saturated carbocycles. The highest BCUT2D eigenvalue weighted by Gasteiger charge is 2.13. The number of para-hydroxylation sites is 1. The number of carbonyl (C=O) groups is 2. The zero-order valence-electron chi connectivity index (χ0n) is 18.6. The third-order valence-corrected chi connectivity index (χ3v) is 5.37. The van der Waals surface area contributed by atoms with E-state index in [9.17, 15) is 9.59 Å². The first-order valence-electron chi connectivity index (χ1n) is 11.0. The fraction of sp³-hybridized carbons (Fsp3) is 0.385. The van der Waals surface area contributed by atoms with E-state index in [4.69, 9.17) is 4.74 Å². The van der Waals surface area contributed by atoms with E-state index in [2.05, 4.69) is 42.3 Å². The van der Waals surface area contributed by atoms with E-state index in [0.717, 1.165) is 23.9 Å². The molecule has 1 amide bonds. The molecular weight excluding hydrogens is 388 g/mol. The van der Waals surface area contributed by atoms with Gasteiger partial charge in [-0.2, -0.15) is 0 Å². The highest BCUT2D eigenvalue weighted by Crippen LogP contribution is 2.19. The molecule has 164 valence electrons. The lowest BCUT2D eigenvalue weighted by molar-refractivity contribution is -0.148. The summed E-state index contributed by atoms with van der Waals surface area (Å²) in [4.78, 5) is 27.4. The van der Waals surface area contributed by atoms with E-state index in [1.807, 2.05) is 43.5 Å². The highest BCUT2D eigenvalue weighted by atomic mass is 16.5. The van der Waals surface area contributed by atoms with Crippen molar-refractivity contribution in [3.63, 3.8) is 0 Å². The van der Waals surface area contributed by atoms with E-state index in [1.54, 1.807) is 0 Å². The number of esters is 1. The van der Waals surface area contributed by atoms with Crippen LogP contribution in [0.4, 0.5) is 0 Å². The highest BCUT2D eigenvalue weighted by molar-refractivity contribution is 5.83. The van der Waals surface area contributed by atoms with Gasteiger partial charge in [0.25, 0.3) is 5.91 Å². The summed E-state index contributed by atoms with van der Waals surface area (Å²) >= 11 is 0. The predicted octanol–water partition coefficient (Wildman–Crippen LogP) is 5.11. The van der Waals surface area contributed by atoms with Gasteiger partial charge >= 0.3 is 5.97 Å². The second-order valence-electron chi connectivity index (χ2n) is 8.50. The lowest BCUT2D eigenvalue weighted by Crippen LogP contribution is -2.31. The Hall–Kier alpha value is -3.08. The molecule has 0 aliphatic rings. The zero-order valence-corrected chi connectivity index (χ0v) is 18.6. The molecule has 0 spiro atoms. The van der Waals surface area contributed by atoms with Gasteiger partial charge in [0.1, 0.15) is 0 Å². The number of amides is 1.